The van der Waals surface area contributed by atoms with Crippen molar-refractivity contribution in [1.29, 1.82) is 0 Å². The van der Waals surface area contributed by atoms with Crippen LogP contribution in [-0.2, 0) is 55.6 Å². The molecule has 1 unspecified atom stereocenters. The van der Waals surface area contributed by atoms with E-state index >= 15 is 0 Å². The van der Waals surface area contributed by atoms with E-state index in [1.54, 1.807) is 12.1 Å². The first-order valence-electron chi connectivity index (χ1n) is 26.0. The zero-order chi connectivity index (χ0) is 55.4. The predicted molar refractivity (Wildman–Crippen MR) is 294 cm³/mol. The number of allylic oxidation sites excluding steroid dienone is 7. The van der Waals surface area contributed by atoms with Crippen LogP contribution in [0, 0.1) is 0 Å². The number of hydrogen-bond donors (Lipinski definition) is 3. The lowest BCUT2D eigenvalue weighted by atomic mass is 9.81. The highest BCUT2D eigenvalue weighted by Gasteiger charge is 2.45. The predicted octanol–water partition coefficient (Wildman–Crippen LogP) is 10.5. The number of anilines is 1. The van der Waals surface area contributed by atoms with Crippen molar-refractivity contribution in [2.45, 2.75) is 156 Å². The van der Waals surface area contributed by atoms with E-state index in [4.69, 9.17) is 4.74 Å². The van der Waals surface area contributed by atoms with Crippen molar-refractivity contribution in [2.75, 3.05) is 30.3 Å². The molecule has 1 fully saturated rings. The summed E-state index contributed by atoms with van der Waals surface area (Å²) in [6, 6.07) is 14.7. The number of fused-ring (bicyclic) bond motifs is 2. The fourth-order valence-electron chi connectivity index (χ4n) is 10.7. The van der Waals surface area contributed by atoms with Gasteiger partial charge in [0.25, 0.3) is 30.4 Å². The van der Waals surface area contributed by atoms with Gasteiger partial charge < -0.3 is 9.64 Å². The van der Waals surface area contributed by atoms with Gasteiger partial charge in [-0.2, -0.15) is 29.8 Å². The molecule has 2 amide bonds. The number of benzene rings is 3. The number of carbonyl (C=O) groups excluding carboxylic acids is 3. The maximum atomic E-state index is 13.0. The molecule has 3 N–H and O–H groups in total. The molecule has 1 saturated heterocycles. The number of likely N-dealkylation sites (tertiary alicyclic amines) is 1. The Kier molecular flexibility index (Phi) is 18.3. The third kappa shape index (κ3) is 13.2. The van der Waals surface area contributed by atoms with Gasteiger partial charge in [0, 0.05) is 73.3 Å². The molecule has 0 aromatic heterocycles. The van der Waals surface area contributed by atoms with E-state index in [1.807, 2.05) is 58.9 Å². The first kappa shape index (κ1) is 58.5. The summed E-state index contributed by atoms with van der Waals surface area (Å²) in [7, 11) is -13.5. The Hall–Kier alpha value is -5.22. The van der Waals surface area contributed by atoms with Crippen LogP contribution < -0.4 is 9.64 Å². The number of ketones is 1. The molecule has 0 radical (unpaired) electrons. The van der Waals surface area contributed by atoms with E-state index in [1.165, 1.54) is 65.2 Å². The van der Waals surface area contributed by atoms with Crippen LogP contribution in [0.15, 0.2) is 122 Å². The zero-order valence-corrected chi connectivity index (χ0v) is 47.3. The van der Waals surface area contributed by atoms with Gasteiger partial charge in [-0.15, -0.1) is 11.8 Å². The fraction of sp³-hybridized carbons (Fsp3) is 0.464. The molecule has 3 aliphatic heterocycles. The molecule has 1 aliphatic carbocycles. The van der Waals surface area contributed by atoms with E-state index in [-0.39, 0.29) is 56.9 Å². The zero-order valence-electron chi connectivity index (χ0n) is 44.1. The van der Waals surface area contributed by atoms with Crippen LogP contribution in [0.25, 0.3) is 0 Å². The third-order valence-electron chi connectivity index (χ3n) is 14.8. The van der Waals surface area contributed by atoms with Crippen molar-refractivity contribution in [3.05, 3.63) is 119 Å². The van der Waals surface area contributed by atoms with Gasteiger partial charge in [-0.1, -0.05) is 46.6 Å². The van der Waals surface area contributed by atoms with Crippen molar-refractivity contribution >= 4 is 76.8 Å². The van der Waals surface area contributed by atoms with Gasteiger partial charge in [-0.05, 0) is 148 Å². The first-order chi connectivity index (χ1) is 35.8. The minimum Gasteiger partial charge on any atom is -0.457 e. The maximum Gasteiger partial charge on any atom is 0.294 e. The molecule has 76 heavy (non-hydrogen) atoms. The van der Waals surface area contributed by atoms with Gasteiger partial charge in [0.2, 0.25) is 17.5 Å². The minimum absolute atomic E-state index is 0.0625. The number of nitrogens with zero attached hydrogens (tertiary/aromatic N) is 3. The van der Waals surface area contributed by atoms with Crippen LogP contribution in [0.3, 0.4) is 0 Å². The standard InChI is InChI=1S/C56H69N3O13S4/c1-7-9-12-32-57-47-28-26-43(75(66,67)68)35-45(47)55(3,4)50(57)30-20-38-16-14-17-39(53(38)72-41-22-24-42(25-23-41)74(63,64)65)21-31-51-56(5,6)46-36-44(76(69,70)71)27-29-48(46)58(51)33-13-10-11-18-40(60)19-15-34-59-52(61)37-49(54(59)62)73-8-2/h20-31,35-36,49H,7-19,32-34,37H2,1-6H3,(H2-,63,64,65,66,67,68,69,70,71)/p+1. The average Bonchev–Trinajstić information content (AvgIpc) is 3.83. The van der Waals surface area contributed by atoms with Crippen molar-refractivity contribution in [1.82, 2.24) is 4.90 Å². The number of rotatable bonds is 24. The van der Waals surface area contributed by atoms with Gasteiger partial charge in [0.1, 0.15) is 23.8 Å². The summed E-state index contributed by atoms with van der Waals surface area (Å²) in [5, 5.41) is -0.346. The monoisotopic (exact) mass is 1120 g/mol. The van der Waals surface area contributed by atoms with Gasteiger partial charge >= 0.3 is 0 Å². The van der Waals surface area contributed by atoms with Crippen molar-refractivity contribution < 1.29 is 62.6 Å². The van der Waals surface area contributed by atoms with Gasteiger partial charge in [0.05, 0.1) is 25.4 Å². The van der Waals surface area contributed by atoms with E-state index < -0.39 is 41.2 Å². The summed E-state index contributed by atoms with van der Waals surface area (Å²) in [4.78, 5) is 40.8. The Morgan fingerprint density at radius 1 is 0.724 bits per heavy atom. The van der Waals surface area contributed by atoms with Crippen molar-refractivity contribution in [3.63, 3.8) is 0 Å². The molecular weight excluding hydrogens is 1050 g/mol. The number of carbonyl (C=O) groups is 3. The number of ether oxygens (including phenoxy) is 1. The number of hydrogen-bond acceptors (Lipinski definition) is 12. The Balaban J connectivity index is 1.20. The van der Waals surface area contributed by atoms with Crippen molar-refractivity contribution in [3.8, 4) is 5.75 Å². The van der Waals surface area contributed by atoms with E-state index in [0.29, 0.717) is 75.1 Å². The average molecular weight is 1120 g/mol. The minimum atomic E-state index is -4.53. The second kappa shape index (κ2) is 23.8. The molecule has 0 spiro atoms. The maximum absolute atomic E-state index is 13.0. The third-order valence-corrected chi connectivity index (χ3v) is 18.4. The van der Waals surface area contributed by atoms with Crippen LogP contribution in [0.4, 0.5) is 11.4 Å². The van der Waals surface area contributed by atoms with Crippen LogP contribution in [-0.4, -0.2) is 102 Å². The summed E-state index contributed by atoms with van der Waals surface area (Å²) < 4.78 is 112. The van der Waals surface area contributed by atoms with Crippen LogP contribution in [0.2, 0.25) is 0 Å². The summed E-state index contributed by atoms with van der Waals surface area (Å²) in [6.45, 7) is 13.5. The second-order valence-electron chi connectivity index (χ2n) is 20.8. The Bertz CT molecular complexity index is 3260. The van der Waals surface area contributed by atoms with E-state index in [9.17, 15) is 53.3 Å². The number of imide groups is 1. The van der Waals surface area contributed by atoms with E-state index in [2.05, 4.69) is 16.4 Å². The molecule has 4 aliphatic rings. The highest BCUT2D eigenvalue weighted by molar-refractivity contribution is 8.00. The number of unbranched alkanes of at least 4 members (excludes halogenated alkanes) is 4. The van der Waals surface area contributed by atoms with Crippen LogP contribution >= 0.6 is 11.8 Å². The molecule has 1 atom stereocenters. The molecule has 410 valence electrons. The molecule has 3 heterocycles. The Morgan fingerprint density at radius 3 is 2.01 bits per heavy atom. The summed E-state index contributed by atoms with van der Waals surface area (Å²) in [5.41, 5.74) is 5.02. The molecular formula is C56H70N3O13S4+. The summed E-state index contributed by atoms with van der Waals surface area (Å²) in [6.07, 6.45) is 16.0. The van der Waals surface area contributed by atoms with Crippen LogP contribution in [0.1, 0.15) is 136 Å². The van der Waals surface area contributed by atoms with Crippen molar-refractivity contribution in [2.24, 2.45) is 0 Å². The highest BCUT2D eigenvalue weighted by Crippen LogP contribution is 2.49. The summed E-state index contributed by atoms with van der Waals surface area (Å²) in [5.74, 6) is 1.28. The molecule has 0 saturated carbocycles. The Labute approximate surface area is 452 Å². The molecule has 16 nitrogen and oxygen atoms in total. The highest BCUT2D eigenvalue weighted by atomic mass is 32.2. The smallest absolute Gasteiger partial charge is 0.294 e. The van der Waals surface area contributed by atoms with Crippen LogP contribution in [0.5, 0.6) is 5.75 Å². The van der Waals surface area contributed by atoms with Gasteiger partial charge in [0.15, 0.2) is 5.71 Å². The molecule has 3 aromatic rings. The molecule has 0 bridgehead atoms. The fourth-order valence-corrected chi connectivity index (χ4v) is 13.1. The normalized spacial score (nSPS) is 19.7. The molecule has 3 aromatic carbocycles. The Morgan fingerprint density at radius 2 is 1.36 bits per heavy atom. The summed E-state index contributed by atoms with van der Waals surface area (Å²) >= 11 is 1.46. The molecule has 20 heteroatoms. The number of amides is 2. The topological polar surface area (TPSA) is 233 Å². The largest absolute Gasteiger partial charge is 0.457 e. The quantitative estimate of drug-likeness (QED) is 0.0328. The molecule has 7 rings (SSSR count). The van der Waals surface area contributed by atoms with E-state index in [0.717, 1.165) is 70.9 Å². The SMILES string of the molecule is CCCCC[N+]1=C(C=CC2=C(Oc3ccc(S(=O)(=O)O)cc3)C(=CC=C3N(CCCCCC(=O)CCCN4C(=O)CC(SCC)C4=O)c4ccc(S(=O)(=O)O)cc4C3(C)C)CCC2)C(C)(C)c2cc(S(=O)(=O)O)ccc21. The lowest BCUT2D eigenvalue weighted by molar-refractivity contribution is -0.438. The van der Waals surface area contributed by atoms with Gasteiger partial charge in [-0.25, -0.2) is 0 Å². The lowest BCUT2D eigenvalue weighted by Gasteiger charge is -2.27. The van der Waals surface area contributed by atoms with Gasteiger partial charge in [-0.3, -0.25) is 32.9 Å². The number of thioether (sulfide) groups is 1. The number of Topliss-reactive ketones (excluding diaryl/α,β-unsaturated/α-hetero) is 1. The lowest BCUT2D eigenvalue weighted by Crippen LogP contribution is -2.32. The second-order valence-corrected chi connectivity index (χ2v) is 26.5. The first-order valence-corrected chi connectivity index (χ1v) is 31.4.